The van der Waals surface area contributed by atoms with E-state index in [0.29, 0.717) is 5.56 Å². The summed E-state index contributed by atoms with van der Waals surface area (Å²) in [5.74, 6) is -0.536. The molecule has 0 fully saturated rings. The van der Waals surface area contributed by atoms with Crippen molar-refractivity contribution in [2.45, 2.75) is 58.8 Å². The minimum Gasteiger partial charge on any atom is -0.458 e. The maximum absolute atomic E-state index is 12.4. The standard InChI is InChI=1S/C17H24BrNO4/c1-16(2,3)22-14(20)13(11-7-9-12(18)10-8-11)19-15(21)23-17(4,5)6/h7-10,13H,1-6H3,(H,19,21)/t13-/m0/s1. The van der Waals surface area contributed by atoms with Crippen LogP contribution in [0.4, 0.5) is 4.79 Å². The van der Waals surface area contributed by atoms with Crippen LogP contribution in [0.15, 0.2) is 28.7 Å². The van der Waals surface area contributed by atoms with Gasteiger partial charge in [-0.3, -0.25) is 0 Å². The maximum atomic E-state index is 12.4. The Balaban J connectivity index is 2.99. The van der Waals surface area contributed by atoms with Gasteiger partial charge in [0.05, 0.1) is 0 Å². The van der Waals surface area contributed by atoms with Gasteiger partial charge in [-0.1, -0.05) is 28.1 Å². The predicted octanol–water partition coefficient (Wildman–Crippen LogP) is 4.36. The third-order valence-corrected chi connectivity index (χ3v) is 3.04. The smallest absolute Gasteiger partial charge is 0.408 e. The number of benzene rings is 1. The van der Waals surface area contributed by atoms with E-state index in [1.54, 1.807) is 65.8 Å². The van der Waals surface area contributed by atoms with Crippen LogP contribution in [0.5, 0.6) is 0 Å². The molecular formula is C17H24BrNO4. The number of carbonyl (C=O) groups excluding carboxylic acids is 2. The first-order valence-electron chi connectivity index (χ1n) is 7.35. The zero-order valence-corrected chi connectivity index (χ0v) is 16.0. The fraction of sp³-hybridized carbons (Fsp3) is 0.529. The van der Waals surface area contributed by atoms with E-state index in [-0.39, 0.29) is 0 Å². The molecule has 1 aromatic rings. The molecule has 0 spiro atoms. The van der Waals surface area contributed by atoms with E-state index in [9.17, 15) is 9.59 Å². The van der Waals surface area contributed by atoms with Gasteiger partial charge in [-0.25, -0.2) is 9.59 Å². The highest BCUT2D eigenvalue weighted by Gasteiger charge is 2.29. The normalized spacial score (nSPS) is 13.2. The van der Waals surface area contributed by atoms with Crippen LogP contribution in [0.1, 0.15) is 53.1 Å². The molecule has 6 heteroatoms. The molecule has 0 aliphatic heterocycles. The van der Waals surface area contributed by atoms with Crippen molar-refractivity contribution in [2.24, 2.45) is 0 Å². The summed E-state index contributed by atoms with van der Waals surface area (Å²) in [7, 11) is 0. The summed E-state index contributed by atoms with van der Waals surface area (Å²) in [5.41, 5.74) is -0.684. The van der Waals surface area contributed by atoms with Gasteiger partial charge in [0, 0.05) is 4.47 Å². The van der Waals surface area contributed by atoms with Gasteiger partial charge < -0.3 is 14.8 Å². The SMILES string of the molecule is CC(C)(C)OC(=O)N[C@H](C(=O)OC(C)(C)C)c1ccc(Br)cc1. The quantitative estimate of drug-likeness (QED) is 0.785. The number of halogens is 1. The zero-order valence-electron chi connectivity index (χ0n) is 14.4. The van der Waals surface area contributed by atoms with Crippen molar-refractivity contribution in [1.82, 2.24) is 5.32 Å². The zero-order chi connectivity index (χ0) is 17.8. The van der Waals surface area contributed by atoms with Crippen molar-refractivity contribution in [3.63, 3.8) is 0 Å². The number of ether oxygens (including phenoxy) is 2. The van der Waals surface area contributed by atoms with E-state index >= 15 is 0 Å². The molecule has 0 unspecified atom stereocenters. The molecule has 0 saturated heterocycles. The molecule has 0 aliphatic rings. The molecule has 0 bridgehead atoms. The fourth-order valence-corrected chi connectivity index (χ4v) is 1.98. The van der Waals surface area contributed by atoms with E-state index in [1.807, 2.05) is 0 Å². The van der Waals surface area contributed by atoms with E-state index in [1.165, 1.54) is 0 Å². The monoisotopic (exact) mass is 385 g/mol. The number of alkyl carbamates (subject to hydrolysis) is 1. The van der Waals surface area contributed by atoms with Crippen LogP contribution in [0.25, 0.3) is 0 Å². The van der Waals surface area contributed by atoms with Gasteiger partial charge in [0.2, 0.25) is 0 Å². The molecule has 5 nitrogen and oxygen atoms in total. The largest absolute Gasteiger partial charge is 0.458 e. The minimum absolute atomic E-state index is 0.536. The lowest BCUT2D eigenvalue weighted by Crippen LogP contribution is -2.40. The summed E-state index contributed by atoms with van der Waals surface area (Å²) >= 11 is 3.34. The summed E-state index contributed by atoms with van der Waals surface area (Å²) in [6.45, 7) is 10.6. The molecule has 0 aromatic heterocycles. The first-order chi connectivity index (χ1) is 10.4. The highest BCUT2D eigenvalue weighted by Crippen LogP contribution is 2.21. The second-order valence-electron chi connectivity index (χ2n) is 7.16. The summed E-state index contributed by atoms with van der Waals surface area (Å²) in [6.07, 6.45) is -0.670. The van der Waals surface area contributed by atoms with E-state index in [0.717, 1.165) is 4.47 Å². The van der Waals surface area contributed by atoms with Gasteiger partial charge in [-0.05, 0) is 59.2 Å². The number of esters is 1. The summed E-state index contributed by atoms with van der Waals surface area (Å²) in [4.78, 5) is 24.5. The number of hydrogen-bond donors (Lipinski definition) is 1. The molecule has 0 saturated carbocycles. The van der Waals surface area contributed by atoms with Crippen LogP contribution < -0.4 is 5.32 Å². The Bertz CT molecular complexity index is 555. The number of nitrogens with one attached hydrogen (secondary N) is 1. The maximum Gasteiger partial charge on any atom is 0.408 e. The van der Waals surface area contributed by atoms with Crippen LogP contribution in [-0.4, -0.2) is 23.3 Å². The highest BCUT2D eigenvalue weighted by atomic mass is 79.9. The summed E-state index contributed by atoms with van der Waals surface area (Å²) in [6, 6.07) is 6.15. The Hall–Kier alpha value is -1.56. The Morgan fingerprint density at radius 2 is 1.43 bits per heavy atom. The van der Waals surface area contributed by atoms with Crippen molar-refractivity contribution in [2.75, 3.05) is 0 Å². The van der Waals surface area contributed by atoms with Crippen molar-refractivity contribution < 1.29 is 19.1 Å². The molecule has 1 atom stereocenters. The summed E-state index contributed by atoms with van der Waals surface area (Å²) < 4.78 is 11.5. The second kappa shape index (κ2) is 7.34. The lowest BCUT2D eigenvalue weighted by Gasteiger charge is -2.26. The number of carbonyl (C=O) groups is 2. The third kappa shape index (κ3) is 7.50. The Kier molecular flexibility index (Phi) is 6.22. The van der Waals surface area contributed by atoms with Gasteiger partial charge in [0.1, 0.15) is 11.2 Å². The molecular weight excluding hydrogens is 362 g/mol. The lowest BCUT2D eigenvalue weighted by atomic mass is 10.1. The van der Waals surface area contributed by atoms with Crippen molar-refractivity contribution in [3.05, 3.63) is 34.3 Å². The Labute approximate surface area is 145 Å². The Morgan fingerprint density at radius 1 is 0.957 bits per heavy atom. The molecule has 23 heavy (non-hydrogen) atoms. The van der Waals surface area contributed by atoms with Crippen LogP contribution in [-0.2, 0) is 14.3 Å². The van der Waals surface area contributed by atoms with Crippen LogP contribution in [0, 0.1) is 0 Å². The molecule has 1 aromatic carbocycles. The highest BCUT2D eigenvalue weighted by molar-refractivity contribution is 9.10. The first kappa shape index (κ1) is 19.5. The number of rotatable bonds is 3. The van der Waals surface area contributed by atoms with Crippen LogP contribution in [0.2, 0.25) is 0 Å². The summed E-state index contributed by atoms with van der Waals surface area (Å²) in [5, 5.41) is 2.58. The second-order valence-corrected chi connectivity index (χ2v) is 8.08. The van der Waals surface area contributed by atoms with E-state index in [4.69, 9.17) is 9.47 Å². The number of amides is 1. The van der Waals surface area contributed by atoms with E-state index in [2.05, 4.69) is 21.2 Å². The van der Waals surface area contributed by atoms with Gasteiger partial charge in [0.15, 0.2) is 6.04 Å². The Morgan fingerprint density at radius 3 is 1.87 bits per heavy atom. The molecule has 1 rings (SSSR count). The molecule has 0 heterocycles. The topological polar surface area (TPSA) is 64.6 Å². The average Bonchev–Trinajstić information content (AvgIpc) is 2.33. The van der Waals surface area contributed by atoms with Gasteiger partial charge in [-0.2, -0.15) is 0 Å². The predicted molar refractivity (Wildman–Crippen MR) is 92.1 cm³/mol. The van der Waals surface area contributed by atoms with E-state index < -0.39 is 29.3 Å². The minimum atomic E-state index is -0.933. The van der Waals surface area contributed by atoms with Gasteiger partial charge >= 0.3 is 12.1 Å². The molecule has 128 valence electrons. The average molecular weight is 386 g/mol. The molecule has 0 radical (unpaired) electrons. The number of hydrogen-bond acceptors (Lipinski definition) is 4. The van der Waals surface area contributed by atoms with Crippen molar-refractivity contribution in [1.29, 1.82) is 0 Å². The van der Waals surface area contributed by atoms with Crippen LogP contribution >= 0.6 is 15.9 Å². The fourth-order valence-electron chi connectivity index (χ4n) is 1.72. The third-order valence-electron chi connectivity index (χ3n) is 2.51. The van der Waals surface area contributed by atoms with Crippen molar-refractivity contribution in [3.8, 4) is 0 Å². The lowest BCUT2D eigenvalue weighted by molar-refractivity contribution is -0.157. The molecule has 1 N–H and O–H groups in total. The van der Waals surface area contributed by atoms with Gasteiger partial charge in [-0.15, -0.1) is 0 Å². The first-order valence-corrected chi connectivity index (χ1v) is 8.14. The molecule has 0 aliphatic carbocycles. The van der Waals surface area contributed by atoms with Crippen LogP contribution in [0.3, 0.4) is 0 Å². The van der Waals surface area contributed by atoms with Crippen molar-refractivity contribution >= 4 is 28.0 Å². The van der Waals surface area contributed by atoms with Gasteiger partial charge in [0.25, 0.3) is 0 Å². The molecule has 1 amide bonds.